The summed E-state index contributed by atoms with van der Waals surface area (Å²) in [4.78, 5) is 43.1. The van der Waals surface area contributed by atoms with E-state index in [0.717, 1.165) is 25.7 Å². The molecule has 0 unspecified atom stereocenters. The third-order valence-electron chi connectivity index (χ3n) is 5.85. The van der Waals surface area contributed by atoms with E-state index in [9.17, 15) is 22.8 Å². The lowest BCUT2D eigenvalue weighted by atomic mass is 10.2. The Morgan fingerprint density at radius 3 is 2.48 bits per heavy atom. The summed E-state index contributed by atoms with van der Waals surface area (Å²) in [5, 5.41) is 2.78. The van der Waals surface area contributed by atoms with Crippen molar-refractivity contribution in [3.8, 4) is 0 Å². The van der Waals surface area contributed by atoms with E-state index >= 15 is 0 Å². The Balaban J connectivity index is 1.64. The molecule has 1 aliphatic rings. The molecule has 0 saturated carbocycles. The van der Waals surface area contributed by atoms with Crippen LogP contribution in [0.4, 0.5) is 5.69 Å². The minimum Gasteiger partial charge on any atom is -0.322 e. The summed E-state index contributed by atoms with van der Waals surface area (Å²) in [5.41, 5.74) is -0.0810. The fourth-order valence-electron chi connectivity index (χ4n) is 3.94. The molecule has 10 nitrogen and oxygen atoms in total. The number of rotatable bonds is 4. The number of aromatic amines is 1. The molecule has 1 aliphatic heterocycles. The number of fused-ring (bicyclic) bond motifs is 1. The lowest BCUT2D eigenvalue weighted by Gasteiger charge is -2.21. The number of aromatic nitrogens is 3. The van der Waals surface area contributed by atoms with Crippen LogP contribution in [0.25, 0.3) is 11.0 Å². The average Bonchev–Trinajstić information content (AvgIpc) is 3.08. The molecule has 4 rings (SSSR count). The van der Waals surface area contributed by atoms with Crippen LogP contribution in [0.1, 0.15) is 41.6 Å². The number of hydrogen-bond acceptors (Lipinski definition) is 6. The van der Waals surface area contributed by atoms with E-state index in [-0.39, 0.29) is 21.5 Å². The first-order valence-corrected chi connectivity index (χ1v) is 12.1. The summed E-state index contributed by atoms with van der Waals surface area (Å²) in [6.07, 6.45) is 4.94. The van der Waals surface area contributed by atoms with Crippen molar-refractivity contribution in [1.29, 1.82) is 0 Å². The van der Waals surface area contributed by atoms with E-state index in [4.69, 9.17) is 0 Å². The Morgan fingerprint density at radius 1 is 1.09 bits per heavy atom. The maximum absolute atomic E-state index is 13.2. The largest absolute Gasteiger partial charge is 0.329 e. The number of benzene rings is 1. The topological polar surface area (TPSA) is 134 Å². The molecule has 1 aromatic carbocycles. The number of carbonyl (C=O) groups excluding carboxylic acids is 1. The monoisotopic (exact) mass is 471 g/mol. The van der Waals surface area contributed by atoms with Crippen LogP contribution >= 0.6 is 0 Å². The number of nitrogens with zero attached hydrogens (tertiary/aromatic N) is 3. The van der Waals surface area contributed by atoms with Crippen molar-refractivity contribution in [2.45, 2.75) is 37.5 Å². The van der Waals surface area contributed by atoms with Crippen LogP contribution in [0.2, 0.25) is 0 Å². The van der Waals surface area contributed by atoms with Crippen molar-refractivity contribution in [2.75, 3.05) is 18.4 Å². The third-order valence-corrected chi connectivity index (χ3v) is 7.89. The molecule has 174 valence electrons. The smallest absolute Gasteiger partial charge is 0.322 e. The molecule has 1 fully saturated rings. The van der Waals surface area contributed by atoms with E-state index in [1.807, 2.05) is 0 Å². The fraction of sp³-hybridized carbons (Fsp3) is 0.364. The van der Waals surface area contributed by atoms with Gasteiger partial charge in [-0.1, -0.05) is 18.9 Å². The molecule has 11 heteroatoms. The number of amides is 1. The summed E-state index contributed by atoms with van der Waals surface area (Å²) < 4.78 is 29.2. The van der Waals surface area contributed by atoms with Crippen LogP contribution in [0.5, 0.6) is 0 Å². The van der Waals surface area contributed by atoms with Gasteiger partial charge in [0.1, 0.15) is 5.65 Å². The molecule has 1 saturated heterocycles. The van der Waals surface area contributed by atoms with Crippen LogP contribution in [0.3, 0.4) is 0 Å². The molecular formula is C22H25N5O5S. The highest BCUT2D eigenvalue weighted by Gasteiger charge is 2.27. The second-order valence-corrected chi connectivity index (χ2v) is 10.1. The van der Waals surface area contributed by atoms with E-state index in [1.54, 1.807) is 19.1 Å². The first kappa shape index (κ1) is 22.9. The second-order valence-electron chi connectivity index (χ2n) is 8.17. The Kier molecular flexibility index (Phi) is 6.17. The maximum Gasteiger partial charge on any atom is 0.329 e. The Hall–Kier alpha value is -3.31. The molecule has 0 aliphatic carbocycles. The van der Waals surface area contributed by atoms with Gasteiger partial charge in [-0.3, -0.25) is 19.1 Å². The van der Waals surface area contributed by atoms with Crippen LogP contribution in [0.15, 0.2) is 44.9 Å². The average molecular weight is 472 g/mol. The highest BCUT2D eigenvalue weighted by atomic mass is 32.2. The molecule has 2 aromatic heterocycles. The van der Waals surface area contributed by atoms with Crippen molar-refractivity contribution in [1.82, 2.24) is 18.8 Å². The number of anilines is 1. The first-order chi connectivity index (χ1) is 15.7. The Morgan fingerprint density at radius 2 is 1.79 bits per heavy atom. The van der Waals surface area contributed by atoms with Gasteiger partial charge in [0.05, 0.1) is 15.8 Å². The predicted molar refractivity (Wildman–Crippen MR) is 124 cm³/mol. The lowest BCUT2D eigenvalue weighted by Crippen LogP contribution is -2.32. The Bertz CT molecular complexity index is 1450. The Labute approximate surface area is 190 Å². The van der Waals surface area contributed by atoms with Crippen LogP contribution in [0, 0.1) is 6.92 Å². The molecule has 0 bridgehead atoms. The van der Waals surface area contributed by atoms with Crippen LogP contribution in [-0.2, 0) is 17.1 Å². The van der Waals surface area contributed by atoms with E-state index < -0.39 is 27.2 Å². The van der Waals surface area contributed by atoms with Gasteiger partial charge in [-0.2, -0.15) is 4.31 Å². The number of hydrogen-bond donors (Lipinski definition) is 2. The van der Waals surface area contributed by atoms with Crippen molar-refractivity contribution < 1.29 is 13.2 Å². The lowest BCUT2D eigenvalue weighted by molar-refractivity contribution is 0.102. The van der Waals surface area contributed by atoms with Crippen LogP contribution < -0.4 is 16.6 Å². The zero-order chi connectivity index (χ0) is 23.8. The zero-order valence-electron chi connectivity index (χ0n) is 18.4. The standard InChI is InChI=1S/C22H25N5O5S/c1-14-7-8-16(12-18(14)33(31,32)27-9-5-3-4-6-10-27)24-20(28)15-11-17-19(23-13-15)26(2)22(30)25-21(17)29/h7-8,11-13H,3-6,9-10H2,1-2H3,(H,24,28)(H,25,29,30). The molecule has 2 N–H and O–H groups in total. The van der Waals surface area contributed by atoms with Crippen molar-refractivity contribution in [2.24, 2.45) is 7.05 Å². The minimum atomic E-state index is -3.69. The number of sulfonamides is 1. The van der Waals surface area contributed by atoms with Gasteiger partial charge in [-0.15, -0.1) is 0 Å². The van der Waals surface area contributed by atoms with Gasteiger partial charge in [-0.25, -0.2) is 18.2 Å². The zero-order valence-corrected chi connectivity index (χ0v) is 19.2. The minimum absolute atomic E-state index is 0.0955. The van der Waals surface area contributed by atoms with Crippen molar-refractivity contribution >= 4 is 32.7 Å². The van der Waals surface area contributed by atoms with Gasteiger partial charge in [-0.05, 0) is 43.5 Å². The van der Waals surface area contributed by atoms with Gasteiger partial charge < -0.3 is 5.32 Å². The molecule has 0 radical (unpaired) electrons. The highest BCUT2D eigenvalue weighted by molar-refractivity contribution is 7.89. The third kappa shape index (κ3) is 4.46. The van der Waals surface area contributed by atoms with Gasteiger partial charge in [0, 0.05) is 32.0 Å². The van der Waals surface area contributed by atoms with Gasteiger partial charge >= 0.3 is 5.69 Å². The summed E-state index contributed by atoms with van der Waals surface area (Å²) in [6.45, 7) is 2.69. The number of carbonyl (C=O) groups is 1. The van der Waals surface area contributed by atoms with Crippen LogP contribution in [-0.4, -0.2) is 46.3 Å². The normalized spacial score (nSPS) is 15.3. The predicted octanol–water partition coefficient (Wildman–Crippen LogP) is 1.75. The number of H-pyrrole nitrogens is 1. The molecule has 0 spiro atoms. The molecule has 3 heterocycles. The highest BCUT2D eigenvalue weighted by Crippen LogP contribution is 2.26. The van der Waals surface area contributed by atoms with Crippen molar-refractivity contribution in [3.05, 3.63) is 62.4 Å². The van der Waals surface area contributed by atoms with E-state index in [1.165, 1.54) is 34.2 Å². The van der Waals surface area contributed by atoms with Gasteiger partial charge in [0.2, 0.25) is 10.0 Å². The van der Waals surface area contributed by atoms with Gasteiger partial charge in [0.15, 0.2) is 0 Å². The van der Waals surface area contributed by atoms with Crippen molar-refractivity contribution in [3.63, 3.8) is 0 Å². The summed E-state index contributed by atoms with van der Waals surface area (Å²) in [6, 6.07) is 6.08. The molecular weight excluding hydrogens is 446 g/mol. The molecule has 3 aromatic rings. The summed E-state index contributed by atoms with van der Waals surface area (Å²) in [5.74, 6) is -0.556. The van der Waals surface area contributed by atoms with Gasteiger partial charge in [0.25, 0.3) is 11.5 Å². The second kappa shape index (κ2) is 8.91. The SMILES string of the molecule is Cc1ccc(NC(=O)c2cnc3c(c2)c(=O)[nH]c(=O)n3C)cc1S(=O)(=O)N1CCCCCC1. The van der Waals surface area contributed by atoms with E-state index in [0.29, 0.717) is 24.3 Å². The number of aryl methyl sites for hydroxylation is 2. The number of pyridine rings is 1. The summed E-state index contributed by atoms with van der Waals surface area (Å²) in [7, 11) is -2.23. The molecule has 33 heavy (non-hydrogen) atoms. The molecule has 1 amide bonds. The number of nitrogens with one attached hydrogen (secondary N) is 2. The van der Waals surface area contributed by atoms with E-state index in [2.05, 4.69) is 15.3 Å². The fourth-order valence-corrected chi connectivity index (χ4v) is 5.71. The summed E-state index contributed by atoms with van der Waals surface area (Å²) >= 11 is 0. The molecule has 0 atom stereocenters. The first-order valence-electron chi connectivity index (χ1n) is 10.7. The quantitative estimate of drug-likeness (QED) is 0.595. The maximum atomic E-state index is 13.2.